The SMILES string of the molecule is CN(C)c1ccc([C@H]2CCC[C@@H]3CCC(=O)C=C32)cc1. The number of ketones is 1. The molecular formula is C18H23NO. The monoisotopic (exact) mass is 269 g/mol. The second-order valence-electron chi connectivity index (χ2n) is 6.32. The summed E-state index contributed by atoms with van der Waals surface area (Å²) in [5, 5.41) is 0. The first-order valence-corrected chi connectivity index (χ1v) is 7.67. The Kier molecular flexibility index (Phi) is 3.64. The maximum absolute atomic E-state index is 11.8. The van der Waals surface area contributed by atoms with Crippen LogP contribution in [0.5, 0.6) is 0 Å². The predicted molar refractivity (Wildman–Crippen MR) is 83.2 cm³/mol. The topological polar surface area (TPSA) is 20.3 Å². The molecule has 0 amide bonds. The van der Waals surface area contributed by atoms with E-state index in [1.54, 1.807) is 0 Å². The minimum atomic E-state index is 0.327. The van der Waals surface area contributed by atoms with E-state index in [4.69, 9.17) is 0 Å². The Hall–Kier alpha value is -1.57. The van der Waals surface area contributed by atoms with E-state index >= 15 is 0 Å². The average molecular weight is 269 g/mol. The summed E-state index contributed by atoms with van der Waals surface area (Å²) in [6.07, 6.45) is 7.52. The Labute approximate surface area is 121 Å². The van der Waals surface area contributed by atoms with Crippen molar-refractivity contribution in [3.05, 3.63) is 41.5 Å². The minimum absolute atomic E-state index is 0.327. The molecule has 0 heterocycles. The summed E-state index contributed by atoms with van der Waals surface area (Å²) >= 11 is 0. The Morgan fingerprint density at radius 2 is 1.80 bits per heavy atom. The molecule has 2 aliphatic carbocycles. The van der Waals surface area contributed by atoms with Crippen LogP contribution in [-0.4, -0.2) is 19.9 Å². The van der Waals surface area contributed by atoms with Crippen molar-refractivity contribution in [2.24, 2.45) is 5.92 Å². The van der Waals surface area contributed by atoms with Crippen molar-refractivity contribution >= 4 is 11.5 Å². The molecule has 20 heavy (non-hydrogen) atoms. The summed E-state index contributed by atoms with van der Waals surface area (Å²) in [6, 6.07) is 8.85. The van der Waals surface area contributed by atoms with Gasteiger partial charge in [-0.25, -0.2) is 0 Å². The molecular weight excluding hydrogens is 246 g/mol. The molecule has 0 aliphatic heterocycles. The van der Waals surface area contributed by atoms with Crippen LogP contribution in [0.15, 0.2) is 35.9 Å². The third-order valence-corrected chi connectivity index (χ3v) is 4.80. The van der Waals surface area contributed by atoms with Gasteiger partial charge in [0.2, 0.25) is 0 Å². The van der Waals surface area contributed by atoms with Crippen molar-refractivity contribution in [1.29, 1.82) is 0 Å². The first kappa shape index (κ1) is 13.4. The molecule has 1 aromatic rings. The molecule has 0 spiro atoms. The van der Waals surface area contributed by atoms with E-state index in [0.717, 1.165) is 12.8 Å². The van der Waals surface area contributed by atoms with E-state index in [1.165, 1.54) is 36.1 Å². The van der Waals surface area contributed by atoms with Crippen LogP contribution in [0.4, 0.5) is 5.69 Å². The van der Waals surface area contributed by atoms with Gasteiger partial charge in [-0.2, -0.15) is 0 Å². The molecule has 2 aliphatic rings. The van der Waals surface area contributed by atoms with Gasteiger partial charge in [0.05, 0.1) is 0 Å². The number of nitrogens with zero attached hydrogens (tertiary/aromatic N) is 1. The number of carbonyl (C=O) groups excluding carboxylic acids is 1. The number of hydrogen-bond acceptors (Lipinski definition) is 2. The van der Waals surface area contributed by atoms with Gasteiger partial charge in [0.25, 0.3) is 0 Å². The fraction of sp³-hybridized carbons (Fsp3) is 0.500. The lowest BCUT2D eigenvalue weighted by atomic mass is 9.69. The predicted octanol–water partition coefficient (Wildman–Crippen LogP) is 3.93. The molecule has 0 aromatic heterocycles. The third-order valence-electron chi connectivity index (χ3n) is 4.80. The number of allylic oxidation sites excluding steroid dienone is 2. The summed E-state index contributed by atoms with van der Waals surface area (Å²) in [5.74, 6) is 1.45. The maximum atomic E-state index is 11.8. The molecule has 106 valence electrons. The maximum Gasteiger partial charge on any atom is 0.155 e. The van der Waals surface area contributed by atoms with E-state index in [-0.39, 0.29) is 0 Å². The first-order chi connectivity index (χ1) is 9.65. The van der Waals surface area contributed by atoms with Gasteiger partial charge in [-0.15, -0.1) is 0 Å². The number of rotatable bonds is 2. The Morgan fingerprint density at radius 3 is 2.50 bits per heavy atom. The zero-order chi connectivity index (χ0) is 14.1. The van der Waals surface area contributed by atoms with Crippen LogP contribution >= 0.6 is 0 Å². The summed E-state index contributed by atoms with van der Waals surface area (Å²) in [5.41, 5.74) is 4.01. The van der Waals surface area contributed by atoms with Crippen molar-refractivity contribution in [1.82, 2.24) is 0 Å². The smallest absolute Gasteiger partial charge is 0.155 e. The lowest BCUT2D eigenvalue weighted by Crippen LogP contribution is -2.23. The highest BCUT2D eigenvalue weighted by Crippen LogP contribution is 2.44. The molecule has 3 rings (SSSR count). The highest BCUT2D eigenvalue weighted by Gasteiger charge is 2.31. The van der Waals surface area contributed by atoms with Gasteiger partial charge in [0, 0.05) is 32.1 Å². The quantitative estimate of drug-likeness (QED) is 0.811. The highest BCUT2D eigenvalue weighted by atomic mass is 16.1. The Morgan fingerprint density at radius 1 is 1.05 bits per heavy atom. The molecule has 0 bridgehead atoms. The van der Waals surface area contributed by atoms with E-state index in [2.05, 4.69) is 43.3 Å². The van der Waals surface area contributed by atoms with E-state index in [0.29, 0.717) is 17.6 Å². The summed E-state index contributed by atoms with van der Waals surface area (Å²) in [4.78, 5) is 13.9. The molecule has 1 aromatic carbocycles. The summed E-state index contributed by atoms with van der Waals surface area (Å²) in [7, 11) is 4.13. The number of benzene rings is 1. The van der Waals surface area contributed by atoms with E-state index < -0.39 is 0 Å². The molecule has 2 heteroatoms. The highest BCUT2D eigenvalue weighted by molar-refractivity contribution is 5.91. The number of fused-ring (bicyclic) bond motifs is 1. The first-order valence-electron chi connectivity index (χ1n) is 7.67. The van der Waals surface area contributed by atoms with Gasteiger partial charge in [-0.1, -0.05) is 24.1 Å². The average Bonchev–Trinajstić information content (AvgIpc) is 2.46. The Balaban J connectivity index is 1.89. The molecule has 0 unspecified atom stereocenters. The fourth-order valence-electron chi connectivity index (χ4n) is 3.65. The van der Waals surface area contributed by atoms with Gasteiger partial charge in [-0.3, -0.25) is 4.79 Å². The molecule has 0 radical (unpaired) electrons. The third kappa shape index (κ3) is 2.52. The standard InChI is InChI=1S/C18H23NO/c1-19(2)15-9-6-14(7-10-15)17-5-3-4-13-8-11-16(20)12-18(13)17/h6-7,9-10,12-13,17H,3-5,8,11H2,1-2H3/t13-,17-/m1/s1. The van der Waals surface area contributed by atoms with Crippen molar-refractivity contribution in [2.75, 3.05) is 19.0 Å². The summed E-state index contributed by atoms with van der Waals surface area (Å²) in [6.45, 7) is 0. The largest absolute Gasteiger partial charge is 0.378 e. The lowest BCUT2D eigenvalue weighted by Gasteiger charge is -2.35. The van der Waals surface area contributed by atoms with E-state index in [1.807, 2.05) is 6.08 Å². The van der Waals surface area contributed by atoms with Gasteiger partial charge >= 0.3 is 0 Å². The molecule has 2 nitrogen and oxygen atoms in total. The fourth-order valence-corrected chi connectivity index (χ4v) is 3.65. The normalized spacial score (nSPS) is 25.9. The second-order valence-corrected chi connectivity index (χ2v) is 6.32. The van der Waals surface area contributed by atoms with Crippen molar-refractivity contribution in [3.8, 4) is 0 Å². The zero-order valence-electron chi connectivity index (χ0n) is 12.4. The van der Waals surface area contributed by atoms with Crippen molar-refractivity contribution in [3.63, 3.8) is 0 Å². The van der Waals surface area contributed by atoms with Crippen LogP contribution in [0.1, 0.15) is 43.6 Å². The van der Waals surface area contributed by atoms with Crippen molar-refractivity contribution < 1.29 is 4.79 Å². The second kappa shape index (κ2) is 5.43. The van der Waals surface area contributed by atoms with Crippen LogP contribution in [-0.2, 0) is 4.79 Å². The van der Waals surface area contributed by atoms with Crippen molar-refractivity contribution in [2.45, 2.75) is 38.0 Å². The lowest BCUT2D eigenvalue weighted by molar-refractivity contribution is -0.115. The summed E-state index contributed by atoms with van der Waals surface area (Å²) < 4.78 is 0. The van der Waals surface area contributed by atoms with Crippen LogP contribution in [0, 0.1) is 5.92 Å². The van der Waals surface area contributed by atoms with Gasteiger partial charge in [0.1, 0.15) is 0 Å². The Bertz CT molecular complexity index is 527. The molecule has 1 saturated carbocycles. The van der Waals surface area contributed by atoms with Gasteiger partial charge in [0.15, 0.2) is 5.78 Å². The van der Waals surface area contributed by atoms with Gasteiger partial charge < -0.3 is 4.90 Å². The van der Waals surface area contributed by atoms with Crippen LogP contribution in [0.2, 0.25) is 0 Å². The number of hydrogen-bond donors (Lipinski definition) is 0. The minimum Gasteiger partial charge on any atom is -0.378 e. The van der Waals surface area contributed by atoms with Gasteiger partial charge in [-0.05, 0) is 49.0 Å². The van der Waals surface area contributed by atoms with E-state index in [9.17, 15) is 4.79 Å². The number of anilines is 1. The molecule has 1 fully saturated rings. The number of carbonyl (C=O) groups is 1. The molecule has 2 atom stereocenters. The molecule has 0 N–H and O–H groups in total. The zero-order valence-corrected chi connectivity index (χ0v) is 12.4. The molecule has 0 saturated heterocycles. The van der Waals surface area contributed by atoms with Crippen LogP contribution in [0.25, 0.3) is 0 Å². The van der Waals surface area contributed by atoms with Crippen LogP contribution < -0.4 is 4.90 Å². The van der Waals surface area contributed by atoms with Crippen LogP contribution in [0.3, 0.4) is 0 Å².